The average Bonchev–Trinajstić information content (AvgIpc) is 2.60. The molecule has 136 valence electrons. The molecular weight excluding hydrogens is 312 g/mol. The zero-order valence-corrected chi connectivity index (χ0v) is 15.2. The second-order valence-electron chi connectivity index (χ2n) is 7.80. The van der Waals surface area contributed by atoms with E-state index in [4.69, 9.17) is 5.73 Å². The molecule has 2 aliphatic carbocycles. The lowest BCUT2D eigenvalue weighted by Gasteiger charge is -2.38. The highest BCUT2D eigenvalue weighted by molar-refractivity contribution is 5.84. The largest absolute Gasteiger partial charge is 0.341 e. The minimum absolute atomic E-state index is 0.0868. The lowest BCUT2D eigenvalue weighted by molar-refractivity contribution is -0.136. The van der Waals surface area contributed by atoms with Crippen LogP contribution in [0, 0.1) is 11.8 Å². The first-order valence-electron chi connectivity index (χ1n) is 9.65. The third-order valence-electron chi connectivity index (χ3n) is 6.21. The molecule has 4 heteroatoms. The van der Waals surface area contributed by atoms with Gasteiger partial charge in [0.05, 0.1) is 6.04 Å². The maximum atomic E-state index is 12.6. The van der Waals surface area contributed by atoms with Crippen molar-refractivity contribution in [2.75, 3.05) is 7.05 Å². The maximum absolute atomic E-state index is 12.6. The van der Waals surface area contributed by atoms with Crippen LogP contribution in [-0.4, -0.2) is 35.7 Å². The number of Topliss-reactive ketones (excluding diaryl/α,β-unsaturated/α-hetero) is 1. The van der Waals surface area contributed by atoms with E-state index in [1.807, 2.05) is 42.3 Å². The van der Waals surface area contributed by atoms with Crippen LogP contribution in [0.2, 0.25) is 0 Å². The second kappa shape index (κ2) is 8.13. The van der Waals surface area contributed by atoms with Crippen molar-refractivity contribution < 1.29 is 9.59 Å². The number of hydrogen-bond acceptors (Lipinski definition) is 3. The van der Waals surface area contributed by atoms with Crippen LogP contribution in [0.3, 0.4) is 0 Å². The van der Waals surface area contributed by atoms with Gasteiger partial charge in [-0.2, -0.15) is 0 Å². The van der Waals surface area contributed by atoms with E-state index < -0.39 is 6.04 Å². The maximum Gasteiger partial charge on any atom is 0.239 e. The number of benzene rings is 1. The summed E-state index contributed by atoms with van der Waals surface area (Å²) in [5.41, 5.74) is 7.37. The van der Waals surface area contributed by atoms with Gasteiger partial charge in [-0.05, 0) is 56.4 Å². The summed E-state index contributed by atoms with van der Waals surface area (Å²) in [4.78, 5) is 26.9. The SMILES string of the molecule is CN(C(=O)C(N)C1CCC(C(=O)Cc2ccccc2)CC1)C1CCC1. The van der Waals surface area contributed by atoms with E-state index >= 15 is 0 Å². The monoisotopic (exact) mass is 342 g/mol. The molecule has 0 aliphatic heterocycles. The summed E-state index contributed by atoms with van der Waals surface area (Å²) in [7, 11) is 1.89. The number of carbonyl (C=O) groups excluding carboxylic acids is 2. The van der Waals surface area contributed by atoms with E-state index in [1.54, 1.807) is 0 Å². The standard InChI is InChI=1S/C21H30N2O2/c1-23(18-8-5-9-18)21(25)20(22)17-12-10-16(11-13-17)19(24)14-15-6-3-2-4-7-15/h2-4,6-7,16-18,20H,5,8-14,22H2,1H3. The Kier molecular flexibility index (Phi) is 5.89. The topological polar surface area (TPSA) is 63.4 Å². The van der Waals surface area contributed by atoms with Crippen molar-refractivity contribution in [3.8, 4) is 0 Å². The number of nitrogens with two attached hydrogens (primary N) is 1. The van der Waals surface area contributed by atoms with Crippen LogP contribution >= 0.6 is 0 Å². The number of likely N-dealkylation sites (N-methyl/N-ethyl adjacent to an activating group) is 1. The van der Waals surface area contributed by atoms with Gasteiger partial charge >= 0.3 is 0 Å². The lowest BCUT2D eigenvalue weighted by Crippen LogP contribution is -2.52. The van der Waals surface area contributed by atoms with E-state index in [0.717, 1.165) is 44.1 Å². The van der Waals surface area contributed by atoms with Gasteiger partial charge in [-0.3, -0.25) is 9.59 Å². The third kappa shape index (κ3) is 4.30. The highest BCUT2D eigenvalue weighted by atomic mass is 16.2. The Morgan fingerprint density at radius 2 is 1.72 bits per heavy atom. The molecule has 2 N–H and O–H groups in total. The summed E-state index contributed by atoms with van der Waals surface area (Å²) in [6, 6.07) is 9.92. The Bertz CT molecular complexity index is 589. The number of carbonyl (C=O) groups is 2. The molecule has 1 unspecified atom stereocenters. The zero-order chi connectivity index (χ0) is 17.8. The molecule has 25 heavy (non-hydrogen) atoms. The van der Waals surface area contributed by atoms with Crippen molar-refractivity contribution in [1.82, 2.24) is 4.90 Å². The fourth-order valence-electron chi connectivity index (χ4n) is 4.13. The van der Waals surface area contributed by atoms with Crippen LogP contribution < -0.4 is 5.73 Å². The van der Waals surface area contributed by atoms with Gasteiger partial charge in [0.25, 0.3) is 0 Å². The van der Waals surface area contributed by atoms with Crippen LogP contribution in [0.5, 0.6) is 0 Å². The number of rotatable bonds is 6. The van der Waals surface area contributed by atoms with Gasteiger partial charge in [0.1, 0.15) is 5.78 Å². The molecule has 2 fully saturated rings. The Labute approximate surface area is 150 Å². The molecule has 3 rings (SSSR count). The van der Waals surface area contributed by atoms with Gasteiger partial charge in [-0.15, -0.1) is 0 Å². The zero-order valence-electron chi connectivity index (χ0n) is 15.2. The molecule has 1 atom stereocenters. The van der Waals surface area contributed by atoms with Gasteiger partial charge in [-0.25, -0.2) is 0 Å². The van der Waals surface area contributed by atoms with E-state index in [1.165, 1.54) is 6.42 Å². The number of ketones is 1. The molecule has 0 saturated heterocycles. The molecule has 0 radical (unpaired) electrons. The molecule has 0 heterocycles. The fourth-order valence-corrected chi connectivity index (χ4v) is 4.13. The third-order valence-corrected chi connectivity index (χ3v) is 6.21. The van der Waals surface area contributed by atoms with Crippen molar-refractivity contribution >= 4 is 11.7 Å². The number of nitrogens with zero attached hydrogens (tertiary/aromatic N) is 1. The average molecular weight is 342 g/mol. The van der Waals surface area contributed by atoms with Gasteiger partial charge in [0.15, 0.2) is 0 Å². The summed E-state index contributed by atoms with van der Waals surface area (Å²) in [6.45, 7) is 0. The molecule has 0 bridgehead atoms. The van der Waals surface area contributed by atoms with Gasteiger partial charge in [0, 0.05) is 25.4 Å². The molecule has 1 aromatic rings. The van der Waals surface area contributed by atoms with E-state index in [0.29, 0.717) is 18.2 Å². The van der Waals surface area contributed by atoms with Crippen LogP contribution in [0.4, 0.5) is 0 Å². The lowest BCUT2D eigenvalue weighted by atomic mass is 9.76. The Balaban J connectivity index is 1.47. The molecule has 0 aromatic heterocycles. The van der Waals surface area contributed by atoms with Gasteiger partial charge in [0.2, 0.25) is 5.91 Å². The van der Waals surface area contributed by atoms with Gasteiger partial charge in [-0.1, -0.05) is 30.3 Å². The van der Waals surface area contributed by atoms with Crippen LogP contribution in [0.1, 0.15) is 50.5 Å². The smallest absolute Gasteiger partial charge is 0.239 e. The first kappa shape index (κ1) is 18.1. The quantitative estimate of drug-likeness (QED) is 0.864. The first-order valence-corrected chi connectivity index (χ1v) is 9.65. The minimum atomic E-state index is -0.407. The van der Waals surface area contributed by atoms with Crippen molar-refractivity contribution in [3.05, 3.63) is 35.9 Å². The van der Waals surface area contributed by atoms with Gasteiger partial charge < -0.3 is 10.6 Å². The van der Waals surface area contributed by atoms with Crippen LogP contribution in [0.15, 0.2) is 30.3 Å². The predicted octanol–water partition coefficient (Wildman–Crippen LogP) is 2.94. The molecule has 2 saturated carbocycles. The summed E-state index contributed by atoms with van der Waals surface area (Å²) in [6.07, 6.45) is 7.45. The molecule has 2 aliphatic rings. The summed E-state index contributed by atoms with van der Waals surface area (Å²) in [5, 5.41) is 0. The Hall–Kier alpha value is -1.68. The van der Waals surface area contributed by atoms with Crippen LogP contribution in [0.25, 0.3) is 0 Å². The van der Waals surface area contributed by atoms with Crippen molar-refractivity contribution in [3.63, 3.8) is 0 Å². The normalized spacial score (nSPS) is 25.0. The Morgan fingerprint density at radius 3 is 2.28 bits per heavy atom. The molecule has 0 spiro atoms. The summed E-state index contributed by atoms with van der Waals surface area (Å²) in [5.74, 6) is 0.763. The van der Waals surface area contributed by atoms with E-state index in [-0.39, 0.29) is 17.7 Å². The first-order chi connectivity index (χ1) is 12.1. The van der Waals surface area contributed by atoms with Crippen molar-refractivity contribution in [1.29, 1.82) is 0 Å². The molecule has 4 nitrogen and oxygen atoms in total. The summed E-state index contributed by atoms with van der Waals surface area (Å²) < 4.78 is 0. The highest BCUT2D eigenvalue weighted by Crippen LogP contribution is 2.33. The minimum Gasteiger partial charge on any atom is -0.341 e. The van der Waals surface area contributed by atoms with Crippen molar-refractivity contribution in [2.45, 2.75) is 63.5 Å². The number of amides is 1. The van der Waals surface area contributed by atoms with Crippen molar-refractivity contribution in [2.24, 2.45) is 17.6 Å². The van der Waals surface area contributed by atoms with Crippen LogP contribution in [-0.2, 0) is 16.0 Å². The summed E-state index contributed by atoms with van der Waals surface area (Å²) >= 11 is 0. The molecule has 1 aromatic carbocycles. The second-order valence-corrected chi connectivity index (χ2v) is 7.80. The molecular formula is C21H30N2O2. The Morgan fingerprint density at radius 1 is 1.08 bits per heavy atom. The highest BCUT2D eigenvalue weighted by Gasteiger charge is 2.35. The number of hydrogen-bond donors (Lipinski definition) is 1. The van der Waals surface area contributed by atoms with E-state index in [2.05, 4.69) is 0 Å². The fraction of sp³-hybridized carbons (Fsp3) is 0.619. The molecule has 1 amide bonds. The predicted molar refractivity (Wildman–Crippen MR) is 99.0 cm³/mol. The van der Waals surface area contributed by atoms with E-state index in [9.17, 15) is 9.59 Å².